The Morgan fingerprint density at radius 3 is 2.54 bits per heavy atom. The fourth-order valence-corrected chi connectivity index (χ4v) is 2.86. The molecule has 0 spiro atoms. The van der Waals surface area contributed by atoms with Gasteiger partial charge in [-0.15, -0.1) is 0 Å². The smallest absolute Gasteiger partial charge is 0.256 e. The van der Waals surface area contributed by atoms with Gasteiger partial charge in [-0.2, -0.15) is 0 Å². The molecular formula is C18H17ClN2O3. The van der Waals surface area contributed by atoms with E-state index in [1.54, 1.807) is 30.3 Å². The molecule has 24 heavy (non-hydrogen) atoms. The van der Waals surface area contributed by atoms with Crippen molar-refractivity contribution < 1.29 is 14.3 Å². The molecule has 5 nitrogen and oxygen atoms in total. The predicted octanol–water partition coefficient (Wildman–Crippen LogP) is 3.40. The lowest BCUT2D eigenvalue weighted by Crippen LogP contribution is -2.34. The Labute approximate surface area is 145 Å². The van der Waals surface area contributed by atoms with Crippen molar-refractivity contribution in [2.75, 3.05) is 17.3 Å². The predicted molar refractivity (Wildman–Crippen MR) is 93.7 cm³/mol. The molecule has 2 aromatic carbocycles. The van der Waals surface area contributed by atoms with Crippen LogP contribution in [0.15, 0.2) is 42.5 Å². The maximum atomic E-state index is 12.7. The van der Waals surface area contributed by atoms with Crippen molar-refractivity contribution in [1.82, 2.24) is 0 Å². The van der Waals surface area contributed by atoms with Gasteiger partial charge in [-0.1, -0.05) is 29.3 Å². The third kappa shape index (κ3) is 3.08. The molecule has 0 saturated carbocycles. The van der Waals surface area contributed by atoms with Crippen LogP contribution in [0.1, 0.15) is 12.0 Å². The lowest BCUT2D eigenvalue weighted by molar-refractivity contribution is -0.121. The van der Waals surface area contributed by atoms with Crippen molar-refractivity contribution in [1.29, 1.82) is 0 Å². The SMILES string of the molecule is COc1ccc(Cl)cc1N[C@H]1CC(=O)N(c2ccc(C)cc2)C1=O. The highest BCUT2D eigenvalue weighted by Gasteiger charge is 2.39. The van der Waals surface area contributed by atoms with Gasteiger partial charge < -0.3 is 10.1 Å². The fraction of sp³-hybridized carbons (Fsp3) is 0.222. The van der Waals surface area contributed by atoms with Gasteiger partial charge in [-0.05, 0) is 37.3 Å². The number of amides is 2. The molecule has 0 unspecified atom stereocenters. The van der Waals surface area contributed by atoms with E-state index >= 15 is 0 Å². The maximum Gasteiger partial charge on any atom is 0.256 e. The summed E-state index contributed by atoms with van der Waals surface area (Å²) in [6.07, 6.45) is 0.0857. The minimum atomic E-state index is -0.647. The number of ether oxygens (including phenoxy) is 1. The first-order valence-corrected chi connectivity index (χ1v) is 7.91. The number of imide groups is 1. The Hall–Kier alpha value is -2.53. The molecule has 6 heteroatoms. The number of anilines is 2. The van der Waals surface area contributed by atoms with Crippen molar-refractivity contribution in [2.45, 2.75) is 19.4 Å². The van der Waals surface area contributed by atoms with Gasteiger partial charge in [-0.25, -0.2) is 4.90 Å². The Morgan fingerprint density at radius 1 is 1.17 bits per heavy atom. The highest BCUT2D eigenvalue weighted by atomic mass is 35.5. The zero-order valence-electron chi connectivity index (χ0n) is 13.4. The second-order valence-electron chi connectivity index (χ2n) is 5.65. The van der Waals surface area contributed by atoms with Crippen LogP contribution in [0, 0.1) is 6.92 Å². The average Bonchev–Trinajstić information content (AvgIpc) is 2.83. The number of benzene rings is 2. The molecule has 3 rings (SSSR count). The van der Waals surface area contributed by atoms with Crippen molar-refractivity contribution in [3.63, 3.8) is 0 Å². The van der Waals surface area contributed by atoms with Crippen LogP contribution in [0.3, 0.4) is 0 Å². The Morgan fingerprint density at radius 2 is 1.88 bits per heavy atom. The zero-order valence-corrected chi connectivity index (χ0v) is 14.1. The highest BCUT2D eigenvalue weighted by Crippen LogP contribution is 2.31. The first-order chi connectivity index (χ1) is 11.5. The van der Waals surface area contributed by atoms with E-state index in [1.165, 1.54) is 12.0 Å². The topological polar surface area (TPSA) is 58.6 Å². The van der Waals surface area contributed by atoms with Crippen LogP contribution < -0.4 is 15.0 Å². The van der Waals surface area contributed by atoms with E-state index in [-0.39, 0.29) is 18.2 Å². The van der Waals surface area contributed by atoms with Gasteiger partial charge in [0.1, 0.15) is 11.8 Å². The van der Waals surface area contributed by atoms with E-state index in [1.807, 2.05) is 19.1 Å². The van der Waals surface area contributed by atoms with Crippen LogP contribution >= 0.6 is 11.6 Å². The summed E-state index contributed by atoms with van der Waals surface area (Å²) in [5.41, 5.74) is 2.23. The highest BCUT2D eigenvalue weighted by molar-refractivity contribution is 6.31. The average molecular weight is 345 g/mol. The number of hydrogen-bond acceptors (Lipinski definition) is 4. The quantitative estimate of drug-likeness (QED) is 0.864. The molecule has 1 heterocycles. The minimum absolute atomic E-state index is 0.0857. The molecule has 1 fully saturated rings. The van der Waals surface area contributed by atoms with E-state index in [2.05, 4.69) is 5.32 Å². The number of halogens is 1. The third-order valence-electron chi connectivity index (χ3n) is 3.93. The number of hydrogen-bond donors (Lipinski definition) is 1. The molecular weight excluding hydrogens is 328 g/mol. The van der Waals surface area contributed by atoms with E-state index in [4.69, 9.17) is 16.3 Å². The van der Waals surface area contributed by atoms with Gasteiger partial charge in [-0.3, -0.25) is 9.59 Å². The van der Waals surface area contributed by atoms with Crippen LogP contribution in [0.4, 0.5) is 11.4 Å². The summed E-state index contributed by atoms with van der Waals surface area (Å²) in [7, 11) is 1.54. The van der Waals surface area contributed by atoms with E-state index < -0.39 is 6.04 Å². The van der Waals surface area contributed by atoms with Crippen LogP contribution in [-0.4, -0.2) is 25.0 Å². The fourth-order valence-electron chi connectivity index (χ4n) is 2.69. The number of carbonyl (C=O) groups excluding carboxylic acids is 2. The van der Waals surface area contributed by atoms with E-state index in [9.17, 15) is 9.59 Å². The Kier molecular flexibility index (Phi) is 4.44. The van der Waals surface area contributed by atoms with Gasteiger partial charge >= 0.3 is 0 Å². The second kappa shape index (κ2) is 6.53. The number of nitrogens with one attached hydrogen (secondary N) is 1. The molecule has 0 aromatic heterocycles. The maximum absolute atomic E-state index is 12.7. The van der Waals surface area contributed by atoms with Crippen molar-refractivity contribution in [2.24, 2.45) is 0 Å². The van der Waals surface area contributed by atoms with Crippen LogP contribution in [0.25, 0.3) is 0 Å². The molecule has 0 radical (unpaired) electrons. The molecule has 1 saturated heterocycles. The van der Waals surface area contributed by atoms with Gasteiger partial charge in [0.25, 0.3) is 5.91 Å². The van der Waals surface area contributed by atoms with Crippen LogP contribution in [0.5, 0.6) is 5.75 Å². The Bertz CT molecular complexity index is 789. The standard InChI is InChI=1S/C18H17ClN2O3/c1-11-3-6-13(7-4-11)21-17(22)10-15(18(21)23)20-14-9-12(19)5-8-16(14)24-2/h3-9,15,20H,10H2,1-2H3/t15-/m0/s1. The molecule has 1 aliphatic rings. The summed E-state index contributed by atoms with van der Waals surface area (Å²) in [6, 6.07) is 11.7. The molecule has 1 atom stereocenters. The Balaban J connectivity index is 1.84. The molecule has 2 aromatic rings. The van der Waals surface area contributed by atoms with Gasteiger partial charge in [0.2, 0.25) is 5.91 Å². The van der Waals surface area contributed by atoms with Crippen LogP contribution in [-0.2, 0) is 9.59 Å². The lowest BCUT2D eigenvalue weighted by Gasteiger charge is -2.17. The number of methoxy groups -OCH3 is 1. The molecule has 2 amide bonds. The molecule has 0 aliphatic carbocycles. The molecule has 0 bridgehead atoms. The summed E-state index contributed by atoms with van der Waals surface area (Å²) in [5.74, 6) is 0.0432. The van der Waals surface area contributed by atoms with E-state index in [0.717, 1.165) is 5.56 Å². The summed E-state index contributed by atoms with van der Waals surface area (Å²) >= 11 is 6.01. The molecule has 1 aliphatic heterocycles. The molecule has 124 valence electrons. The largest absolute Gasteiger partial charge is 0.495 e. The van der Waals surface area contributed by atoms with Crippen molar-refractivity contribution in [3.05, 3.63) is 53.1 Å². The number of rotatable bonds is 4. The second-order valence-corrected chi connectivity index (χ2v) is 6.09. The van der Waals surface area contributed by atoms with Crippen LogP contribution in [0.2, 0.25) is 5.02 Å². The van der Waals surface area contributed by atoms with Gasteiger partial charge in [0.15, 0.2) is 0 Å². The first kappa shape index (κ1) is 16.3. The summed E-state index contributed by atoms with van der Waals surface area (Å²) in [4.78, 5) is 26.2. The van der Waals surface area contributed by atoms with Crippen molar-refractivity contribution >= 4 is 34.8 Å². The van der Waals surface area contributed by atoms with Crippen molar-refractivity contribution in [3.8, 4) is 5.75 Å². The molecule has 1 N–H and O–H groups in total. The van der Waals surface area contributed by atoms with Gasteiger partial charge in [0.05, 0.1) is 24.9 Å². The lowest BCUT2D eigenvalue weighted by atomic mass is 10.2. The summed E-state index contributed by atoms with van der Waals surface area (Å²) in [6.45, 7) is 1.95. The third-order valence-corrected chi connectivity index (χ3v) is 4.17. The van der Waals surface area contributed by atoms with Gasteiger partial charge in [0, 0.05) is 5.02 Å². The number of nitrogens with zero attached hydrogens (tertiary/aromatic N) is 1. The number of carbonyl (C=O) groups is 2. The minimum Gasteiger partial charge on any atom is -0.495 e. The normalized spacial score (nSPS) is 17.3. The first-order valence-electron chi connectivity index (χ1n) is 7.53. The van der Waals surface area contributed by atoms with E-state index in [0.29, 0.717) is 22.1 Å². The summed E-state index contributed by atoms with van der Waals surface area (Å²) in [5, 5.41) is 3.59. The monoisotopic (exact) mass is 344 g/mol. The number of aryl methyl sites for hydroxylation is 1. The zero-order chi connectivity index (χ0) is 17.3. The summed E-state index contributed by atoms with van der Waals surface area (Å²) < 4.78 is 5.27.